The number of carboxylic acids is 2. The van der Waals surface area contributed by atoms with Crippen molar-refractivity contribution in [2.45, 2.75) is 33.1 Å². The molecule has 14 heavy (non-hydrogen) atoms. The van der Waals surface area contributed by atoms with Gasteiger partial charge in [0, 0.05) is 0 Å². The van der Waals surface area contributed by atoms with E-state index in [1.54, 1.807) is 13.8 Å². The predicted molar refractivity (Wildman–Crippen MR) is 49.9 cm³/mol. The number of carbonyl (C=O) groups is 2. The highest BCUT2D eigenvalue weighted by molar-refractivity contribution is 5.75. The second-order valence-electron chi connectivity index (χ2n) is 4.57. The highest BCUT2D eigenvalue weighted by Crippen LogP contribution is 2.42. The van der Waals surface area contributed by atoms with Gasteiger partial charge in [0.05, 0.1) is 11.3 Å². The molecule has 0 spiro atoms. The molecule has 0 aromatic rings. The zero-order chi connectivity index (χ0) is 10.9. The normalized spacial score (nSPS) is 27.6. The Morgan fingerprint density at radius 2 is 1.79 bits per heavy atom. The van der Waals surface area contributed by atoms with Crippen LogP contribution in [0.3, 0.4) is 0 Å². The molecule has 0 aromatic heterocycles. The summed E-state index contributed by atoms with van der Waals surface area (Å²) in [5.41, 5.74) is -0.801. The summed E-state index contributed by atoms with van der Waals surface area (Å²) in [5.74, 6) is -2.00. The molecule has 1 aliphatic carbocycles. The lowest BCUT2D eigenvalue weighted by molar-refractivity contribution is -0.151. The second kappa shape index (κ2) is 3.59. The molecule has 2 atom stereocenters. The standard InChI is InChI=1S/C10H16O4/c1-10(2,9(13)14)7-4-3-6(5-7)8(11)12/h6-7H,3-5H2,1-2H3,(H,11,12)(H,13,14)/t6-,7-/m1/s1. The van der Waals surface area contributed by atoms with Gasteiger partial charge in [-0.05, 0) is 39.0 Å². The zero-order valence-electron chi connectivity index (χ0n) is 8.49. The first kappa shape index (κ1) is 11.0. The maximum absolute atomic E-state index is 10.9. The van der Waals surface area contributed by atoms with Crippen molar-refractivity contribution in [1.29, 1.82) is 0 Å². The van der Waals surface area contributed by atoms with Crippen molar-refractivity contribution in [3.63, 3.8) is 0 Å². The average Bonchev–Trinajstić information content (AvgIpc) is 2.51. The number of hydrogen-bond acceptors (Lipinski definition) is 2. The summed E-state index contributed by atoms with van der Waals surface area (Å²) < 4.78 is 0. The van der Waals surface area contributed by atoms with Crippen molar-refractivity contribution in [3.8, 4) is 0 Å². The molecule has 2 N–H and O–H groups in total. The summed E-state index contributed by atoms with van der Waals surface area (Å²) in [4.78, 5) is 21.6. The van der Waals surface area contributed by atoms with E-state index in [-0.39, 0.29) is 11.8 Å². The van der Waals surface area contributed by atoms with Crippen LogP contribution in [0.2, 0.25) is 0 Å². The summed E-state index contributed by atoms with van der Waals surface area (Å²) in [5, 5.41) is 17.8. The first-order chi connectivity index (χ1) is 6.35. The van der Waals surface area contributed by atoms with Crippen LogP contribution in [0.1, 0.15) is 33.1 Å². The average molecular weight is 200 g/mol. The van der Waals surface area contributed by atoms with Gasteiger partial charge in [-0.15, -0.1) is 0 Å². The maximum Gasteiger partial charge on any atom is 0.309 e. The molecule has 4 heteroatoms. The van der Waals surface area contributed by atoms with Crippen LogP contribution >= 0.6 is 0 Å². The largest absolute Gasteiger partial charge is 0.481 e. The molecule has 0 amide bonds. The Morgan fingerprint density at radius 1 is 1.21 bits per heavy atom. The topological polar surface area (TPSA) is 74.6 Å². The third-order valence-corrected chi connectivity index (χ3v) is 3.35. The van der Waals surface area contributed by atoms with Gasteiger partial charge in [-0.25, -0.2) is 0 Å². The third kappa shape index (κ3) is 1.89. The molecule has 1 fully saturated rings. The maximum atomic E-state index is 10.9. The van der Waals surface area contributed by atoms with Crippen LogP contribution < -0.4 is 0 Å². The summed E-state index contributed by atoms with van der Waals surface area (Å²) >= 11 is 0. The monoisotopic (exact) mass is 200 g/mol. The zero-order valence-corrected chi connectivity index (χ0v) is 8.49. The lowest BCUT2D eigenvalue weighted by atomic mass is 9.77. The molecule has 1 aliphatic rings. The highest BCUT2D eigenvalue weighted by Gasteiger charge is 2.42. The predicted octanol–water partition coefficient (Wildman–Crippen LogP) is 1.60. The number of carboxylic acid groups (broad SMARTS) is 2. The summed E-state index contributed by atoms with van der Waals surface area (Å²) in [6.07, 6.45) is 1.81. The molecule has 1 rings (SSSR count). The lowest BCUT2D eigenvalue weighted by Crippen LogP contribution is -2.31. The van der Waals surface area contributed by atoms with E-state index in [1.165, 1.54) is 0 Å². The Hall–Kier alpha value is -1.06. The van der Waals surface area contributed by atoms with E-state index in [0.717, 1.165) is 0 Å². The van der Waals surface area contributed by atoms with Crippen LogP contribution in [0.15, 0.2) is 0 Å². The Bertz CT molecular complexity index is 257. The van der Waals surface area contributed by atoms with E-state index in [1.807, 2.05) is 0 Å². The van der Waals surface area contributed by atoms with E-state index in [0.29, 0.717) is 19.3 Å². The minimum absolute atomic E-state index is 0.0129. The van der Waals surface area contributed by atoms with Gasteiger partial charge in [-0.3, -0.25) is 9.59 Å². The fourth-order valence-corrected chi connectivity index (χ4v) is 2.04. The summed E-state index contributed by atoms with van der Waals surface area (Å²) in [7, 11) is 0. The van der Waals surface area contributed by atoms with E-state index in [4.69, 9.17) is 10.2 Å². The van der Waals surface area contributed by atoms with Crippen molar-refractivity contribution < 1.29 is 19.8 Å². The van der Waals surface area contributed by atoms with Crippen molar-refractivity contribution in [2.75, 3.05) is 0 Å². The van der Waals surface area contributed by atoms with Crippen LogP contribution in [-0.2, 0) is 9.59 Å². The van der Waals surface area contributed by atoms with Crippen molar-refractivity contribution in [2.24, 2.45) is 17.3 Å². The molecular formula is C10H16O4. The Balaban J connectivity index is 2.66. The van der Waals surface area contributed by atoms with Crippen molar-refractivity contribution in [1.82, 2.24) is 0 Å². The van der Waals surface area contributed by atoms with Gasteiger partial charge >= 0.3 is 11.9 Å². The van der Waals surface area contributed by atoms with Gasteiger partial charge in [-0.2, -0.15) is 0 Å². The van der Waals surface area contributed by atoms with Crippen molar-refractivity contribution in [3.05, 3.63) is 0 Å². The van der Waals surface area contributed by atoms with Gasteiger partial charge in [0.1, 0.15) is 0 Å². The van der Waals surface area contributed by atoms with Gasteiger partial charge in [0.2, 0.25) is 0 Å². The van der Waals surface area contributed by atoms with E-state index in [2.05, 4.69) is 0 Å². The van der Waals surface area contributed by atoms with E-state index < -0.39 is 17.4 Å². The van der Waals surface area contributed by atoms with Crippen molar-refractivity contribution >= 4 is 11.9 Å². The number of rotatable bonds is 3. The smallest absolute Gasteiger partial charge is 0.309 e. The van der Waals surface area contributed by atoms with Crippen LogP contribution in [0.25, 0.3) is 0 Å². The Kier molecular flexibility index (Phi) is 2.83. The fourth-order valence-electron chi connectivity index (χ4n) is 2.04. The highest BCUT2D eigenvalue weighted by atomic mass is 16.4. The van der Waals surface area contributed by atoms with Gasteiger partial charge in [0.15, 0.2) is 0 Å². The van der Waals surface area contributed by atoms with Gasteiger partial charge < -0.3 is 10.2 Å². The molecule has 0 aliphatic heterocycles. The first-order valence-corrected chi connectivity index (χ1v) is 4.82. The molecule has 4 nitrogen and oxygen atoms in total. The van der Waals surface area contributed by atoms with E-state index >= 15 is 0 Å². The molecule has 0 radical (unpaired) electrons. The molecule has 0 aromatic carbocycles. The molecule has 0 bridgehead atoms. The molecular weight excluding hydrogens is 184 g/mol. The molecule has 0 saturated heterocycles. The minimum Gasteiger partial charge on any atom is -0.481 e. The molecule has 0 unspecified atom stereocenters. The van der Waals surface area contributed by atoms with Gasteiger partial charge in [-0.1, -0.05) is 0 Å². The van der Waals surface area contributed by atoms with E-state index in [9.17, 15) is 9.59 Å². The number of hydrogen-bond donors (Lipinski definition) is 2. The lowest BCUT2D eigenvalue weighted by Gasteiger charge is -2.26. The first-order valence-electron chi connectivity index (χ1n) is 4.82. The quantitative estimate of drug-likeness (QED) is 0.725. The van der Waals surface area contributed by atoms with Crippen LogP contribution in [0, 0.1) is 17.3 Å². The summed E-state index contributed by atoms with van der Waals surface area (Å²) in [6, 6.07) is 0. The molecule has 1 saturated carbocycles. The number of aliphatic carboxylic acids is 2. The summed E-state index contributed by atoms with van der Waals surface area (Å²) in [6.45, 7) is 3.34. The fraction of sp³-hybridized carbons (Fsp3) is 0.800. The second-order valence-corrected chi connectivity index (χ2v) is 4.57. The molecule has 80 valence electrons. The van der Waals surface area contributed by atoms with Crippen LogP contribution in [0.4, 0.5) is 0 Å². The Morgan fingerprint density at radius 3 is 2.14 bits per heavy atom. The van der Waals surface area contributed by atoms with Crippen LogP contribution in [-0.4, -0.2) is 22.2 Å². The third-order valence-electron chi connectivity index (χ3n) is 3.35. The SMILES string of the molecule is CC(C)(C(=O)O)[C@@H]1CC[C@@H](C(=O)O)C1. The minimum atomic E-state index is -0.839. The Labute approximate surface area is 82.9 Å². The molecule has 0 heterocycles. The van der Waals surface area contributed by atoms with Crippen LogP contribution in [0.5, 0.6) is 0 Å². The van der Waals surface area contributed by atoms with Gasteiger partial charge in [0.25, 0.3) is 0 Å².